The highest BCUT2D eigenvalue weighted by molar-refractivity contribution is 5.95. The number of amides is 2. The maximum atomic E-state index is 12.9. The zero-order valence-corrected chi connectivity index (χ0v) is 15.8. The summed E-state index contributed by atoms with van der Waals surface area (Å²) < 4.78 is 12.9. The van der Waals surface area contributed by atoms with Gasteiger partial charge in [-0.15, -0.1) is 0 Å². The van der Waals surface area contributed by atoms with Gasteiger partial charge in [0.2, 0.25) is 5.91 Å². The number of carbonyl (C=O) groups excluding carboxylic acids is 2. The van der Waals surface area contributed by atoms with Crippen LogP contribution in [0.15, 0.2) is 48.5 Å². The average Bonchev–Trinajstić information content (AvgIpc) is 2.73. The van der Waals surface area contributed by atoms with Gasteiger partial charge in [-0.2, -0.15) is 0 Å². The Labute approximate surface area is 164 Å². The van der Waals surface area contributed by atoms with Crippen LogP contribution in [0.3, 0.4) is 0 Å². The number of anilines is 1. The Morgan fingerprint density at radius 1 is 1.00 bits per heavy atom. The summed E-state index contributed by atoms with van der Waals surface area (Å²) in [7, 11) is 0. The summed E-state index contributed by atoms with van der Waals surface area (Å²) in [6.07, 6.45) is 3.70. The largest absolute Gasteiger partial charge is 0.348 e. The minimum absolute atomic E-state index is 0.00652. The molecule has 0 bridgehead atoms. The third kappa shape index (κ3) is 6.16. The predicted molar refractivity (Wildman–Crippen MR) is 107 cm³/mol. The maximum Gasteiger partial charge on any atom is 0.251 e. The van der Waals surface area contributed by atoms with Crippen molar-refractivity contribution in [2.24, 2.45) is 5.92 Å². The summed E-state index contributed by atoms with van der Waals surface area (Å²) >= 11 is 0. The fourth-order valence-corrected chi connectivity index (χ4v) is 3.32. The zero-order chi connectivity index (χ0) is 19.8. The van der Waals surface area contributed by atoms with Crippen LogP contribution in [0.4, 0.5) is 10.1 Å². The van der Waals surface area contributed by atoms with Gasteiger partial charge in [0, 0.05) is 24.2 Å². The first-order valence-electron chi connectivity index (χ1n) is 9.73. The Hall–Kier alpha value is -2.73. The van der Waals surface area contributed by atoms with Crippen molar-refractivity contribution in [3.05, 3.63) is 65.5 Å². The molecule has 0 unspecified atom stereocenters. The molecule has 1 aliphatic heterocycles. The van der Waals surface area contributed by atoms with Gasteiger partial charge in [-0.05, 0) is 80.2 Å². The molecule has 5 nitrogen and oxygen atoms in total. The molecular weight excluding hydrogens is 357 g/mol. The van der Waals surface area contributed by atoms with Crippen LogP contribution in [0.5, 0.6) is 0 Å². The van der Waals surface area contributed by atoms with E-state index in [-0.39, 0.29) is 17.6 Å². The van der Waals surface area contributed by atoms with E-state index in [0.29, 0.717) is 30.1 Å². The summed E-state index contributed by atoms with van der Waals surface area (Å²) in [5.74, 6) is 0.114. The fraction of sp³-hybridized carbons (Fsp3) is 0.364. The number of carbonyl (C=O) groups is 2. The molecule has 6 heteroatoms. The highest BCUT2D eigenvalue weighted by atomic mass is 19.1. The lowest BCUT2D eigenvalue weighted by molar-refractivity contribution is -0.116. The van der Waals surface area contributed by atoms with Crippen LogP contribution >= 0.6 is 0 Å². The molecule has 3 rings (SSSR count). The summed E-state index contributed by atoms with van der Waals surface area (Å²) in [5, 5.41) is 9.02. The number of hydrogen-bond acceptors (Lipinski definition) is 3. The number of hydrogen-bond donors (Lipinski definition) is 3. The Morgan fingerprint density at radius 3 is 2.36 bits per heavy atom. The zero-order valence-electron chi connectivity index (χ0n) is 15.8. The van der Waals surface area contributed by atoms with Crippen molar-refractivity contribution in [1.29, 1.82) is 0 Å². The van der Waals surface area contributed by atoms with Gasteiger partial charge in [-0.3, -0.25) is 9.59 Å². The number of benzene rings is 2. The van der Waals surface area contributed by atoms with E-state index in [4.69, 9.17) is 0 Å². The lowest BCUT2D eigenvalue weighted by Gasteiger charge is -2.22. The van der Waals surface area contributed by atoms with Crippen LogP contribution in [-0.4, -0.2) is 24.9 Å². The predicted octanol–water partition coefficient (Wildman–Crippen LogP) is 3.47. The molecule has 1 saturated heterocycles. The smallest absolute Gasteiger partial charge is 0.251 e. The first-order valence-corrected chi connectivity index (χ1v) is 9.73. The Bertz CT molecular complexity index is 784. The summed E-state index contributed by atoms with van der Waals surface area (Å²) in [6.45, 7) is 2.40. The number of nitrogens with one attached hydrogen (secondary N) is 3. The van der Waals surface area contributed by atoms with E-state index in [1.54, 1.807) is 36.4 Å². The van der Waals surface area contributed by atoms with Crippen molar-refractivity contribution in [3.8, 4) is 0 Å². The maximum absolute atomic E-state index is 12.9. The van der Waals surface area contributed by atoms with Crippen LogP contribution < -0.4 is 16.0 Å². The quantitative estimate of drug-likeness (QED) is 0.686. The van der Waals surface area contributed by atoms with E-state index in [2.05, 4.69) is 16.0 Å². The van der Waals surface area contributed by atoms with Gasteiger partial charge in [0.05, 0.1) is 0 Å². The van der Waals surface area contributed by atoms with E-state index in [0.717, 1.165) is 37.9 Å². The van der Waals surface area contributed by atoms with Crippen molar-refractivity contribution in [2.75, 3.05) is 18.4 Å². The molecule has 0 radical (unpaired) electrons. The van der Waals surface area contributed by atoms with Crippen LogP contribution in [0.1, 0.15) is 41.6 Å². The van der Waals surface area contributed by atoms with Gasteiger partial charge in [0.15, 0.2) is 0 Å². The first kappa shape index (κ1) is 20.0. The first-order chi connectivity index (χ1) is 13.6. The molecule has 28 heavy (non-hydrogen) atoms. The molecule has 1 heterocycles. The van der Waals surface area contributed by atoms with Crippen molar-refractivity contribution in [1.82, 2.24) is 10.6 Å². The van der Waals surface area contributed by atoms with Crippen LogP contribution in [0, 0.1) is 11.7 Å². The minimum atomic E-state index is -0.302. The van der Waals surface area contributed by atoms with Crippen LogP contribution in [0.2, 0.25) is 0 Å². The summed E-state index contributed by atoms with van der Waals surface area (Å²) in [6, 6.07) is 12.8. The Morgan fingerprint density at radius 2 is 1.68 bits per heavy atom. The molecule has 1 aliphatic rings. The topological polar surface area (TPSA) is 70.2 Å². The van der Waals surface area contributed by atoms with Crippen molar-refractivity contribution >= 4 is 17.5 Å². The molecule has 2 aromatic rings. The van der Waals surface area contributed by atoms with E-state index in [1.165, 1.54) is 12.1 Å². The Balaban J connectivity index is 1.43. The molecule has 0 aliphatic carbocycles. The number of halogens is 1. The van der Waals surface area contributed by atoms with Gasteiger partial charge in [0.1, 0.15) is 5.82 Å². The molecule has 0 spiro atoms. The van der Waals surface area contributed by atoms with Gasteiger partial charge >= 0.3 is 0 Å². The van der Waals surface area contributed by atoms with E-state index in [1.807, 2.05) is 0 Å². The van der Waals surface area contributed by atoms with Crippen molar-refractivity contribution in [3.63, 3.8) is 0 Å². The summed E-state index contributed by atoms with van der Waals surface area (Å²) in [5.41, 5.74) is 2.02. The standard InChI is InChI=1S/C22H26FN3O2/c23-19-6-1-17(2-7-19)15-25-22(28)18-4-8-20(9-5-18)26-21(27)10-3-16-11-13-24-14-12-16/h1-2,4-9,16,24H,3,10-15H2,(H,25,28)(H,26,27). The lowest BCUT2D eigenvalue weighted by Crippen LogP contribution is -2.28. The van der Waals surface area contributed by atoms with Crippen molar-refractivity contribution in [2.45, 2.75) is 32.2 Å². The van der Waals surface area contributed by atoms with Crippen molar-refractivity contribution < 1.29 is 14.0 Å². The second-order valence-electron chi connectivity index (χ2n) is 7.17. The monoisotopic (exact) mass is 383 g/mol. The third-order valence-electron chi connectivity index (χ3n) is 5.04. The molecule has 2 amide bonds. The number of piperidine rings is 1. The van der Waals surface area contributed by atoms with Gasteiger partial charge in [0.25, 0.3) is 5.91 Å². The molecular formula is C22H26FN3O2. The second-order valence-corrected chi connectivity index (χ2v) is 7.17. The molecule has 0 saturated carbocycles. The van der Waals surface area contributed by atoms with E-state index >= 15 is 0 Å². The van der Waals surface area contributed by atoms with E-state index in [9.17, 15) is 14.0 Å². The number of rotatable bonds is 7. The second kappa shape index (κ2) is 9.99. The third-order valence-corrected chi connectivity index (χ3v) is 5.04. The fourth-order valence-electron chi connectivity index (χ4n) is 3.32. The molecule has 3 N–H and O–H groups in total. The molecule has 2 aromatic carbocycles. The molecule has 1 fully saturated rings. The highest BCUT2D eigenvalue weighted by Gasteiger charge is 2.14. The van der Waals surface area contributed by atoms with Crippen LogP contribution in [-0.2, 0) is 11.3 Å². The normalized spacial score (nSPS) is 14.5. The van der Waals surface area contributed by atoms with Gasteiger partial charge in [-0.25, -0.2) is 4.39 Å². The SMILES string of the molecule is O=C(CCC1CCNCC1)Nc1ccc(C(=O)NCc2ccc(F)cc2)cc1. The van der Waals surface area contributed by atoms with E-state index < -0.39 is 0 Å². The average molecular weight is 383 g/mol. The lowest BCUT2D eigenvalue weighted by atomic mass is 9.93. The Kier molecular flexibility index (Phi) is 7.14. The van der Waals surface area contributed by atoms with Gasteiger partial charge in [-0.1, -0.05) is 12.1 Å². The van der Waals surface area contributed by atoms with Crippen LogP contribution in [0.25, 0.3) is 0 Å². The molecule has 0 aromatic heterocycles. The minimum Gasteiger partial charge on any atom is -0.348 e. The van der Waals surface area contributed by atoms with Gasteiger partial charge < -0.3 is 16.0 Å². The molecule has 148 valence electrons. The molecule has 0 atom stereocenters. The highest BCUT2D eigenvalue weighted by Crippen LogP contribution is 2.18. The summed E-state index contributed by atoms with van der Waals surface area (Å²) in [4.78, 5) is 24.3.